The molecule has 0 N–H and O–H groups in total. The molecule has 1 aliphatic rings. The minimum absolute atomic E-state index is 0.195. The molecule has 1 atom stereocenters. The van der Waals surface area contributed by atoms with Gasteiger partial charge < -0.3 is 14.4 Å². The average molecular weight is 323 g/mol. The first-order chi connectivity index (χ1) is 9.50. The zero-order valence-corrected chi connectivity index (χ0v) is 10.6. The Morgan fingerprint density at radius 1 is 1.19 bits per heavy atom. The fourth-order valence-electron chi connectivity index (χ4n) is 1.83. The highest BCUT2D eigenvalue weighted by molar-refractivity contribution is 5.87. The third kappa shape index (κ3) is 3.99. The lowest BCUT2D eigenvalue weighted by Gasteiger charge is -2.36. The van der Waals surface area contributed by atoms with E-state index < -0.39 is 49.3 Å². The molecule has 0 aromatic carbocycles. The van der Waals surface area contributed by atoms with Crippen molar-refractivity contribution in [1.82, 2.24) is 4.90 Å². The molecular weight excluding hydrogens is 312 g/mol. The maximum absolute atomic E-state index is 12.5. The van der Waals surface area contributed by atoms with Crippen molar-refractivity contribution >= 4 is 11.9 Å². The van der Waals surface area contributed by atoms with Crippen LogP contribution >= 0.6 is 0 Å². The molecule has 1 amide bonds. The second kappa shape index (κ2) is 6.08. The van der Waals surface area contributed by atoms with Crippen molar-refractivity contribution in [3.8, 4) is 0 Å². The van der Waals surface area contributed by atoms with E-state index in [1.165, 1.54) is 0 Å². The van der Waals surface area contributed by atoms with Crippen molar-refractivity contribution in [2.45, 2.75) is 18.4 Å². The summed E-state index contributed by atoms with van der Waals surface area (Å²) in [6.45, 7) is -1.37. The number of carbonyl (C=O) groups excluding carboxylic acids is 2. The molecule has 1 aliphatic heterocycles. The van der Waals surface area contributed by atoms with E-state index in [2.05, 4.69) is 4.74 Å². The van der Waals surface area contributed by atoms with Gasteiger partial charge in [0, 0.05) is 6.54 Å². The predicted octanol–water partition coefficient (Wildman–Crippen LogP) is 1.13. The van der Waals surface area contributed by atoms with E-state index in [4.69, 9.17) is 4.74 Å². The lowest BCUT2D eigenvalue weighted by Crippen LogP contribution is -2.58. The van der Waals surface area contributed by atoms with Gasteiger partial charge in [-0.15, -0.1) is 0 Å². The van der Waals surface area contributed by atoms with Crippen LogP contribution in [0.2, 0.25) is 0 Å². The number of halogens is 6. The van der Waals surface area contributed by atoms with Gasteiger partial charge in [-0.3, -0.25) is 4.79 Å². The molecule has 1 saturated heterocycles. The van der Waals surface area contributed by atoms with Crippen LogP contribution in [0, 0.1) is 5.92 Å². The Morgan fingerprint density at radius 2 is 1.71 bits per heavy atom. The molecule has 122 valence electrons. The fourth-order valence-corrected chi connectivity index (χ4v) is 1.83. The second-order valence-corrected chi connectivity index (χ2v) is 4.16. The van der Waals surface area contributed by atoms with E-state index in [9.17, 15) is 35.9 Å². The third-order valence-electron chi connectivity index (χ3n) is 2.79. The Hall–Kier alpha value is -1.52. The Labute approximate surface area is 114 Å². The van der Waals surface area contributed by atoms with E-state index in [0.717, 1.165) is 7.11 Å². The largest absolute Gasteiger partial charge is 0.467 e. The number of ether oxygens (including phenoxy) is 2. The molecular formula is C10H11F6NO4. The lowest BCUT2D eigenvalue weighted by molar-refractivity contribution is -0.279. The van der Waals surface area contributed by atoms with E-state index in [1.54, 1.807) is 0 Å². The molecule has 1 heterocycles. The van der Waals surface area contributed by atoms with Gasteiger partial charge in [0.25, 0.3) is 0 Å². The Kier molecular flexibility index (Phi) is 5.07. The van der Waals surface area contributed by atoms with Gasteiger partial charge in [0.05, 0.1) is 20.3 Å². The first-order valence-corrected chi connectivity index (χ1v) is 5.59. The Morgan fingerprint density at radius 3 is 2.14 bits per heavy atom. The van der Waals surface area contributed by atoms with Crippen LogP contribution in [0.25, 0.3) is 0 Å². The summed E-state index contributed by atoms with van der Waals surface area (Å²) in [7, 11) is 0.893. The number of alkyl halides is 6. The maximum Gasteiger partial charge on any atom is 0.409 e. The molecule has 1 unspecified atom stereocenters. The lowest BCUT2D eigenvalue weighted by atomic mass is 10.0. The standard InChI is InChI=1S/C10H11F6NO4/c1-20-8(19)5-4-21-3-2-17(5)7(18)6(9(11,12)13)10(14,15)16/h5-6H,2-4H2,1H3. The minimum atomic E-state index is -5.81. The van der Waals surface area contributed by atoms with Gasteiger partial charge in [0.15, 0.2) is 6.04 Å². The van der Waals surface area contributed by atoms with Gasteiger partial charge in [0.1, 0.15) is 0 Å². The number of methoxy groups -OCH3 is 1. The summed E-state index contributed by atoms with van der Waals surface area (Å²) in [5.74, 6) is -7.57. The highest BCUT2D eigenvalue weighted by atomic mass is 19.4. The third-order valence-corrected chi connectivity index (χ3v) is 2.79. The van der Waals surface area contributed by atoms with Crippen molar-refractivity contribution in [2.24, 2.45) is 5.92 Å². The van der Waals surface area contributed by atoms with Gasteiger partial charge in [-0.05, 0) is 0 Å². The molecule has 0 aromatic heterocycles. The predicted molar refractivity (Wildman–Crippen MR) is 53.9 cm³/mol. The molecule has 0 aliphatic carbocycles. The zero-order chi connectivity index (χ0) is 16.4. The monoisotopic (exact) mass is 323 g/mol. The second-order valence-electron chi connectivity index (χ2n) is 4.16. The summed E-state index contributed by atoms with van der Waals surface area (Å²) in [4.78, 5) is 23.2. The number of hydrogen-bond acceptors (Lipinski definition) is 4. The van der Waals surface area contributed by atoms with Gasteiger partial charge in [-0.1, -0.05) is 0 Å². The zero-order valence-electron chi connectivity index (χ0n) is 10.6. The van der Waals surface area contributed by atoms with Crippen LogP contribution < -0.4 is 0 Å². The topological polar surface area (TPSA) is 55.8 Å². The molecule has 0 aromatic rings. The Balaban J connectivity index is 3.09. The normalized spacial score (nSPS) is 20.6. The average Bonchev–Trinajstić information content (AvgIpc) is 2.34. The van der Waals surface area contributed by atoms with Gasteiger partial charge in [0.2, 0.25) is 11.8 Å². The molecule has 0 radical (unpaired) electrons. The molecule has 0 saturated carbocycles. The van der Waals surface area contributed by atoms with Crippen molar-refractivity contribution in [3.05, 3.63) is 0 Å². The van der Waals surface area contributed by atoms with E-state index >= 15 is 0 Å². The summed E-state index contributed by atoms with van der Waals surface area (Å²) in [5.41, 5.74) is 0. The number of rotatable bonds is 2. The first kappa shape index (κ1) is 17.5. The fraction of sp³-hybridized carbons (Fsp3) is 0.800. The van der Waals surface area contributed by atoms with Crippen LogP contribution in [0.4, 0.5) is 26.3 Å². The summed E-state index contributed by atoms with van der Waals surface area (Å²) in [6, 6.07) is -1.64. The van der Waals surface area contributed by atoms with Crippen LogP contribution in [0.3, 0.4) is 0 Å². The number of amides is 1. The van der Waals surface area contributed by atoms with Gasteiger partial charge in [-0.25, -0.2) is 4.79 Å². The number of hydrogen-bond donors (Lipinski definition) is 0. The van der Waals surface area contributed by atoms with Gasteiger partial charge in [-0.2, -0.15) is 26.3 Å². The smallest absolute Gasteiger partial charge is 0.409 e. The SMILES string of the molecule is COC(=O)C1COCCN1C(=O)C(C(F)(F)F)C(F)(F)F. The first-order valence-electron chi connectivity index (χ1n) is 5.59. The van der Waals surface area contributed by atoms with Crippen LogP contribution in [-0.4, -0.2) is 62.0 Å². The molecule has 5 nitrogen and oxygen atoms in total. The van der Waals surface area contributed by atoms with Gasteiger partial charge >= 0.3 is 18.3 Å². The molecule has 1 rings (SSSR count). The molecule has 0 spiro atoms. The molecule has 21 heavy (non-hydrogen) atoms. The molecule has 11 heteroatoms. The van der Waals surface area contributed by atoms with Crippen molar-refractivity contribution in [3.63, 3.8) is 0 Å². The van der Waals surface area contributed by atoms with Crippen LogP contribution in [0.1, 0.15) is 0 Å². The summed E-state index contributed by atoms with van der Waals surface area (Å²) >= 11 is 0. The van der Waals surface area contributed by atoms with Crippen molar-refractivity contribution in [1.29, 1.82) is 0 Å². The van der Waals surface area contributed by atoms with E-state index in [0.29, 0.717) is 0 Å². The number of morpholine rings is 1. The number of nitrogens with zero attached hydrogens (tertiary/aromatic N) is 1. The minimum Gasteiger partial charge on any atom is -0.467 e. The number of carbonyl (C=O) groups is 2. The van der Waals surface area contributed by atoms with Crippen molar-refractivity contribution in [2.75, 3.05) is 26.9 Å². The summed E-state index contributed by atoms with van der Waals surface area (Å²) < 4.78 is 84.1. The molecule has 0 bridgehead atoms. The maximum atomic E-state index is 12.5. The quantitative estimate of drug-likeness (QED) is 0.565. The van der Waals surface area contributed by atoms with Crippen LogP contribution in [0.5, 0.6) is 0 Å². The highest BCUT2D eigenvalue weighted by Gasteiger charge is 2.62. The highest BCUT2D eigenvalue weighted by Crippen LogP contribution is 2.40. The van der Waals surface area contributed by atoms with Crippen LogP contribution in [0.15, 0.2) is 0 Å². The van der Waals surface area contributed by atoms with Crippen molar-refractivity contribution < 1.29 is 45.4 Å². The number of esters is 1. The van der Waals surface area contributed by atoms with Crippen LogP contribution in [-0.2, 0) is 19.1 Å². The molecule has 1 fully saturated rings. The summed E-state index contributed by atoms with van der Waals surface area (Å²) in [6.07, 6.45) is -11.6. The van der Waals surface area contributed by atoms with E-state index in [1.807, 2.05) is 0 Å². The Bertz CT molecular complexity index is 393. The van der Waals surface area contributed by atoms with E-state index in [-0.39, 0.29) is 11.5 Å². The summed E-state index contributed by atoms with van der Waals surface area (Å²) in [5, 5.41) is 0.